The van der Waals surface area contributed by atoms with Crippen LogP contribution >= 0.6 is 24.0 Å². The van der Waals surface area contributed by atoms with Crippen molar-refractivity contribution in [2.45, 2.75) is 65.3 Å². The number of hydrogen-bond acceptors (Lipinski definition) is 3. The van der Waals surface area contributed by atoms with E-state index in [1.807, 2.05) is 31.2 Å². The summed E-state index contributed by atoms with van der Waals surface area (Å²) in [5, 5.41) is 9.86. The Morgan fingerprint density at radius 3 is 2.63 bits per heavy atom. The number of guanidine groups is 1. The summed E-state index contributed by atoms with van der Waals surface area (Å²) in [7, 11) is 1.78. The fourth-order valence-corrected chi connectivity index (χ4v) is 3.94. The zero-order valence-electron chi connectivity index (χ0n) is 18.8. The minimum absolute atomic E-state index is 0. The molecule has 0 heterocycles. The average molecular weight is 530 g/mol. The van der Waals surface area contributed by atoms with Crippen LogP contribution in [0.2, 0.25) is 0 Å². The predicted molar refractivity (Wildman–Crippen MR) is 136 cm³/mol. The second-order valence-electron chi connectivity index (χ2n) is 8.00. The third-order valence-corrected chi connectivity index (χ3v) is 5.58. The molecule has 0 aromatic heterocycles. The van der Waals surface area contributed by atoms with Crippen molar-refractivity contribution in [3.8, 4) is 0 Å². The summed E-state index contributed by atoms with van der Waals surface area (Å²) in [5.41, 5.74) is 2.22. The summed E-state index contributed by atoms with van der Waals surface area (Å²) in [6, 6.07) is 7.92. The topological polar surface area (TPSA) is 74.8 Å². The number of carbonyl (C=O) groups excluding carboxylic acids is 1. The van der Waals surface area contributed by atoms with E-state index in [0.717, 1.165) is 49.7 Å². The second-order valence-corrected chi connectivity index (χ2v) is 8.00. The van der Waals surface area contributed by atoms with Gasteiger partial charge in [-0.05, 0) is 55.7 Å². The van der Waals surface area contributed by atoms with Crippen LogP contribution in [0.5, 0.6) is 0 Å². The van der Waals surface area contributed by atoms with Crippen LogP contribution in [0, 0.1) is 5.41 Å². The Labute approximate surface area is 199 Å². The number of hydrogen-bond donors (Lipinski definition) is 3. The molecule has 1 saturated carbocycles. The highest BCUT2D eigenvalue weighted by molar-refractivity contribution is 14.0. The van der Waals surface area contributed by atoms with Crippen LogP contribution in [0.3, 0.4) is 0 Å². The Morgan fingerprint density at radius 1 is 1.20 bits per heavy atom. The molecule has 7 heteroatoms. The van der Waals surface area contributed by atoms with E-state index in [9.17, 15) is 4.79 Å². The van der Waals surface area contributed by atoms with Gasteiger partial charge >= 0.3 is 0 Å². The van der Waals surface area contributed by atoms with Gasteiger partial charge < -0.3 is 20.7 Å². The lowest BCUT2D eigenvalue weighted by molar-refractivity contribution is -0.116. The zero-order valence-corrected chi connectivity index (χ0v) is 21.1. The highest BCUT2D eigenvalue weighted by atomic mass is 127. The molecule has 0 atom stereocenters. The molecule has 1 aromatic rings. The van der Waals surface area contributed by atoms with Gasteiger partial charge in [0, 0.05) is 38.9 Å². The van der Waals surface area contributed by atoms with E-state index < -0.39 is 0 Å². The molecule has 0 unspecified atom stereocenters. The molecule has 1 aliphatic carbocycles. The molecule has 6 nitrogen and oxygen atoms in total. The molecule has 30 heavy (non-hydrogen) atoms. The van der Waals surface area contributed by atoms with Gasteiger partial charge in [-0.2, -0.15) is 0 Å². The molecule has 0 bridgehead atoms. The van der Waals surface area contributed by atoms with Crippen molar-refractivity contribution in [1.82, 2.24) is 10.6 Å². The first kappa shape index (κ1) is 26.7. The number of methoxy groups -OCH3 is 1. The van der Waals surface area contributed by atoms with Gasteiger partial charge in [-0.3, -0.25) is 4.79 Å². The second kappa shape index (κ2) is 14.6. The summed E-state index contributed by atoms with van der Waals surface area (Å²) >= 11 is 0. The van der Waals surface area contributed by atoms with Gasteiger partial charge in [-0.25, -0.2) is 4.99 Å². The van der Waals surface area contributed by atoms with Crippen molar-refractivity contribution in [1.29, 1.82) is 0 Å². The number of nitrogens with one attached hydrogen (secondary N) is 3. The number of carbonyl (C=O) groups is 1. The Balaban J connectivity index is 0.00000450. The van der Waals surface area contributed by atoms with Gasteiger partial charge in [0.05, 0.1) is 6.54 Å². The molecular formula is C23H39IN4O2. The maximum absolute atomic E-state index is 11.8. The Kier molecular flexibility index (Phi) is 13.0. The van der Waals surface area contributed by atoms with Crippen molar-refractivity contribution < 1.29 is 9.53 Å². The van der Waals surface area contributed by atoms with Crippen molar-refractivity contribution in [3.05, 3.63) is 29.8 Å². The van der Waals surface area contributed by atoms with E-state index in [2.05, 4.69) is 22.9 Å². The normalized spacial score (nSPS) is 15.4. The van der Waals surface area contributed by atoms with Gasteiger partial charge in [0.2, 0.25) is 5.91 Å². The molecule has 0 spiro atoms. The van der Waals surface area contributed by atoms with Crippen LogP contribution < -0.4 is 16.0 Å². The lowest BCUT2D eigenvalue weighted by atomic mass is 9.83. The summed E-state index contributed by atoms with van der Waals surface area (Å²) in [4.78, 5) is 16.6. The molecule has 3 N–H and O–H groups in total. The van der Waals surface area contributed by atoms with E-state index in [0.29, 0.717) is 18.4 Å². The van der Waals surface area contributed by atoms with Gasteiger partial charge in [0.1, 0.15) is 0 Å². The van der Waals surface area contributed by atoms with E-state index in [4.69, 9.17) is 9.73 Å². The minimum Gasteiger partial charge on any atom is -0.385 e. The molecule has 0 aliphatic heterocycles. The number of benzene rings is 1. The fraction of sp³-hybridized carbons (Fsp3) is 0.652. The van der Waals surface area contributed by atoms with E-state index >= 15 is 0 Å². The van der Waals surface area contributed by atoms with Crippen molar-refractivity contribution in [3.63, 3.8) is 0 Å². The lowest BCUT2D eigenvalue weighted by Crippen LogP contribution is -2.43. The molecule has 1 amide bonds. The SMILES string of the molecule is CCCC(=O)Nc1cccc(CN=C(NCC)NCC2(CCOC)CCCC2)c1.I. The largest absolute Gasteiger partial charge is 0.385 e. The molecular weight excluding hydrogens is 491 g/mol. The lowest BCUT2D eigenvalue weighted by Gasteiger charge is -2.30. The fourth-order valence-electron chi connectivity index (χ4n) is 3.94. The van der Waals surface area contributed by atoms with Crippen molar-refractivity contribution >= 4 is 41.5 Å². The van der Waals surface area contributed by atoms with Gasteiger partial charge in [-0.1, -0.05) is 31.9 Å². The molecule has 0 radical (unpaired) electrons. The number of nitrogens with zero attached hydrogens (tertiary/aromatic N) is 1. The summed E-state index contributed by atoms with van der Waals surface area (Å²) in [5.74, 6) is 0.901. The predicted octanol–water partition coefficient (Wildman–Crippen LogP) is 4.70. The number of ether oxygens (including phenoxy) is 1. The van der Waals surface area contributed by atoms with Gasteiger partial charge in [0.25, 0.3) is 0 Å². The smallest absolute Gasteiger partial charge is 0.224 e. The van der Waals surface area contributed by atoms with Crippen molar-refractivity contribution in [2.24, 2.45) is 10.4 Å². The minimum atomic E-state index is 0. The van der Waals surface area contributed by atoms with Crippen LogP contribution in [0.15, 0.2) is 29.3 Å². The Bertz CT molecular complexity index is 660. The van der Waals surface area contributed by atoms with E-state index in [1.165, 1.54) is 25.7 Å². The van der Waals surface area contributed by atoms with Gasteiger partial charge in [0.15, 0.2) is 5.96 Å². The summed E-state index contributed by atoms with van der Waals surface area (Å²) in [6.45, 7) is 7.21. The van der Waals surface area contributed by atoms with E-state index in [-0.39, 0.29) is 29.9 Å². The first-order chi connectivity index (χ1) is 14.1. The standard InChI is InChI=1S/C23H38N4O2.HI/c1-4-9-21(28)27-20-11-8-10-19(16-20)17-25-22(24-5-2)26-18-23(14-15-29-3)12-6-7-13-23;/h8,10-11,16H,4-7,9,12-15,17-18H2,1-3H3,(H,27,28)(H2,24,25,26);1H. The molecule has 0 saturated heterocycles. The average Bonchev–Trinajstić information content (AvgIpc) is 3.18. The monoisotopic (exact) mass is 530 g/mol. The first-order valence-electron chi connectivity index (χ1n) is 11.0. The zero-order chi connectivity index (χ0) is 21.0. The third-order valence-electron chi connectivity index (χ3n) is 5.58. The van der Waals surface area contributed by atoms with Gasteiger partial charge in [-0.15, -0.1) is 24.0 Å². The number of halogens is 1. The number of amides is 1. The maximum Gasteiger partial charge on any atom is 0.224 e. The molecule has 1 aromatic carbocycles. The van der Waals surface area contributed by atoms with Crippen LogP contribution in [0.1, 0.15) is 64.4 Å². The number of aliphatic imine (C=N–C) groups is 1. The molecule has 170 valence electrons. The summed E-state index contributed by atoms with van der Waals surface area (Å²) in [6.07, 6.45) is 7.59. The number of rotatable bonds is 11. The van der Waals surface area contributed by atoms with Crippen LogP contribution in [0.4, 0.5) is 5.69 Å². The molecule has 1 aliphatic rings. The molecule has 1 fully saturated rings. The molecule has 2 rings (SSSR count). The first-order valence-corrected chi connectivity index (χ1v) is 11.0. The van der Waals surface area contributed by atoms with Crippen LogP contribution in [-0.2, 0) is 16.1 Å². The summed E-state index contributed by atoms with van der Waals surface area (Å²) < 4.78 is 5.34. The highest BCUT2D eigenvalue weighted by Crippen LogP contribution is 2.40. The van der Waals surface area contributed by atoms with Crippen molar-refractivity contribution in [2.75, 3.05) is 32.1 Å². The quantitative estimate of drug-likeness (QED) is 0.221. The Hall–Kier alpha value is -1.35. The maximum atomic E-state index is 11.8. The highest BCUT2D eigenvalue weighted by Gasteiger charge is 2.33. The van der Waals surface area contributed by atoms with Crippen LogP contribution in [0.25, 0.3) is 0 Å². The Morgan fingerprint density at radius 2 is 1.97 bits per heavy atom. The van der Waals surface area contributed by atoms with E-state index in [1.54, 1.807) is 7.11 Å². The van der Waals surface area contributed by atoms with Crippen LogP contribution in [-0.4, -0.2) is 38.7 Å². The number of anilines is 1. The third kappa shape index (κ3) is 9.20.